The molecule has 2 atom stereocenters. The molecule has 2 heterocycles. The Morgan fingerprint density at radius 2 is 2.00 bits per heavy atom. The van der Waals surface area contributed by atoms with E-state index in [0.29, 0.717) is 18.7 Å². The van der Waals surface area contributed by atoms with Gasteiger partial charge in [0.1, 0.15) is 0 Å². The fraction of sp³-hybridized carbons (Fsp3) is 1.00. The molecule has 2 fully saturated rings. The van der Waals surface area contributed by atoms with Crippen LogP contribution in [0.5, 0.6) is 0 Å². The van der Waals surface area contributed by atoms with Crippen LogP contribution < -0.4 is 5.73 Å². The minimum atomic E-state index is 0.352. The number of nitrogens with two attached hydrogens (primary N) is 1. The summed E-state index contributed by atoms with van der Waals surface area (Å²) in [5.41, 5.74) is 5.91. The molecule has 2 aliphatic rings. The maximum Gasteiger partial charge on any atom is 0.0743 e. The highest BCUT2D eigenvalue weighted by molar-refractivity contribution is 4.83. The van der Waals surface area contributed by atoms with Crippen molar-refractivity contribution in [2.75, 3.05) is 40.0 Å². The number of rotatable bonds is 5. The normalized spacial score (nSPS) is 28.8. The molecule has 0 aliphatic carbocycles. The highest BCUT2D eigenvalue weighted by Crippen LogP contribution is 2.21. The summed E-state index contributed by atoms with van der Waals surface area (Å²) in [6.07, 6.45) is 5.08. The second kappa shape index (κ2) is 6.69. The van der Waals surface area contributed by atoms with Gasteiger partial charge in [0.05, 0.1) is 6.10 Å². The van der Waals surface area contributed by atoms with Crippen molar-refractivity contribution in [3.63, 3.8) is 0 Å². The Kier molecular flexibility index (Phi) is 5.22. The highest BCUT2D eigenvalue weighted by atomic mass is 16.5. The van der Waals surface area contributed by atoms with E-state index in [9.17, 15) is 0 Å². The van der Waals surface area contributed by atoms with E-state index < -0.39 is 0 Å². The van der Waals surface area contributed by atoms with Crippen LogP contribution in [0.1, 0.15) is 25.7 Å². The lowest BCUT2D eigenvalue weighted by Crippen LogP contribution is -2.48. The molecule has 2 aliphatic heterocycles. The average molecular weight is 242 g/mol. The van der Waals surface area contributed by atoms with E-state index in [-0.39, 0.29) is 0 Å². The summed E-state index contributed by atoms with van der Waals surface area (Å²) in [7, 11) is 2.19. The fourth-order valence-corrected chi connectivity index (χ4v) is 2.99. The molecular formula is C13H26N2O2. The van der Waals surface area contributed by atoms with Crippen molar-refractivity contribution < 1.29 is 9.47 Å². The molecular weight excluding hydrogens is 216 g/mol. The van der Waals surface area contributed by atoms with Crippen molar-refractivity contribution in [2.24, 2.45) is 11.7 Å². The zero-order chi connectivity index (χ0) is 12.1. The lowest BCUT2D eigenvalue weighted by molar-refractivity contribution is 0.0144. The van der Waals surface area contributed by atoms with Crippen molar-refractivity contribution in [1.82, 2.24) is 4.90 Å². The Morgan fingerprint density at radius 1 is 1.24 bits per heavy atom. The van der Waals surface area contributed by atoms with Gasteiger partial charge in [-0.05, 0) is 38.6 Å². The molecule has 0 amide bonds. The molecule has 2 rings (SSSR count). The summed E-state index contributed by atoms with van der Waals surface area (Å²) >= 11 is 0. The number of ether oxygens (including phenoxy) is 2. The Labute approximate surface area is 104 Å². The smallest absolute Gasteiger partial charge is 0.0743 e. The summed E-state index contributed by atoms with van der Waals surface area (Å²) < 4.78 is 11.2. The summed E-state index contributed by atoms with van der Waals surface area (Å²) in [6.45, 7) is 4.58. The van der Waals surface area contributed by atoms with Crippen molar-refractivity contribution in [2.45, 2.75) is 37.8 Å². The monoisotopic (exact) mass is 242 g/mol. The van der Waals surface area contributed by atoms with Crippen LogP contribution in [-0.4, -0.2) is 57.0 Å². The van der Waals surface area contributed by atoms with Gasteiger partial charge >= 0.3 is 0 Å². The van der Waals surface area contributed by atoms with Gasteiger partial charge < -0.3 is 15.2 Å². The first-order valence-electron chi connectivity index (χ1n) is 6.91. The van der Waals surface area contributed by atoms with Crippen LogP contribution in [0, 0.1) is 5.92 Å². The quantitative estimate of drug-likeness (QED) is 0.776. The van der Waals surface area contributed by atoms with E-state index in [2.05, 4.69) is 11.9 Å². The van der Waals surface area contributed by atoms with E-state index in [1.165, 1.54) is 25.7 Å². The van der Waals surface area contributed by atoms with Gasteiger partial charge in [-0.25, -0.2) is 0 Å². The second-order valence-corrected chi connectivity index (χ2v) is 5.35. The van der Waals surface area contributed by atoms with Crippen LogP contribution >= 0.6 is 0 Å². The Bertz CT molecular complexity index is 213. The van der Waals surface area contributed by atoms with Crippen LogP contribution in [0.15, 0.2) is 0 Å². The van der Waals surface area contributed by atoms with Gasteiger partial charge in [0.2, 0.25) is 0 Å². The molecule has 0 aromatic heterocycles. The SMILES string of the molecule is CN(CC1CCOCC1)C(CN)C1CCCO1. The maximum absolute atomic E-state index is 5.91. The van der Waals surface area contributed by atoms with Crippen LogP contribution in [0.2, 0.25) is 0 Å². The van der Waals surface area contributed by atoms with Crippen LogP contribution in [-0.2, 0) is 9.47 Å². The lowest BCUT2D eigenvalue weighted by Gasteiger charge is -2.34. The molecule has 0 spiro atoms. The predicted molar refractivity (Wildman–Crippen MR) is 68.0 cm³/mol. The minimum Gasteiger partial charge on any atom is -0.381 e. The van der Waals surface area contributed by atoms with Gasteiger partial charge in [-0.3, -0.25) is 4.90 Å². The first-order valence-corrected chi connectivity index (χ1v) is 6.91. The lowest BCUT2D eigenvalue weighted by atomic mass is 9.98. The van der Waals surface area contributed by atoms with Gasteiger partial charge in [-0.15, -0.1) is 0 Å². The zero-order valence-electron chi connectivity index (χ0n) is 10.9. The van der Waals surface area contributed by atoms with E-state index in [1.807, 2.05) is 0 Å². The molecule has 0 saturated carbocycles. The van der Waals surface area contributed by atoms with Gasteiger partial charge in [0.25, 0.3) is 0 Å². The van der Waals surface area contributed by atoms with Gasteiger partial charge in [-0.1, -0.05) is 0 Å². The molecule has 17 heavy (non-hydrogen) atoms. The van der Waals surface area contributed by atoms with Crippen molar-refractivity contribution in [1.29, 1.82) is 0 Å². The third-order valence-corrected chi connectivity index (χ3v) is 4.09. The Balaban J connectivity index is 1.80. The number of hydrogen-bond acceptors (Lipinski definition) is 4. The van der Waals surface area contributed by atoms with Gasteiger partial charge in [0, 0.05) is 39.0 Å². The molecule has 0 aromatic rings. The topological polar surface area (TPSA) is 47.7 Å². The van der Waals surface area contributed by atoms with Crippen molar-refractivity contribution in [3.8, 4) is 0 Å². The molecule has 0 radical (unpaired) electrons. The zero-order valence-corrected chi connectivity index (χ0v) is 10.9. The molecule has 0 bridgehead atoms. The third kappa shape index (κ3) is 3.65. The Hall–Kier alpha value is -0.160. The highest BCUT2D eigenvalue weighted by Gasteiger charge is 2.29. The summed E-state index contributed by atoms with van der Waals surface area (Å²) in [5, 5.41) is 0. The number of nitrogens with zero attached hydrogens (tertiary/aromatic N) is 1. The van der Waals surface area contributed by atoms with Crippen LogP contribution in [0.4, 0.5) is 0 Å². The van der Waals surface area contributed by atoms with E-state index in [0.717, 1.165) is 32.3 Å². The van der Waals surface area contributed by atoms with E-state index >= 15 is 0 Å². The van der Waals surface area contributed by atoms with E-state index in [4.69, 9.17) is 15.2 Å². The third-order valence-electron chi connectivity index (χ3n) is 4.09. The first-order chi connectivity index (χ1) is 8.31. The molecule has 2 N–H and O–H groups in total. The summed E-state index contributed by atoms with van der Waals surface area (Å²) in [6, 6.07) is 0.389. The fourth-order valence-electron chi connectivity index (χ4n) is 2.99. The van der Waals surface area contributed by atoms with Crippen LogP contribution in [0.25, 0.3) is 0 Å². The molecule has 2 unspecified atom stereocenters. The molecule has 4 nitrogen and oxygen atoms in total. The number of hydrogen-bond donors (Lipinski definition) is 1. The average Bonchev–Trinajstić information content (AvgIpc) is 2.85. The van der Waals surface area contributed by atoms with Gasteiger partial charge in [-0.2, -0.15) is 0 Å². The van der Waals surface area contributed by atoms with Crippen molar-refractivity contribution >= 4 is 0 Å². The van der Waals surface area contributed by atoms with Crippen molar-refractivity contribution in [3.05, 3.63) is 0 Å². The largest absolute Gasteiger partial charge is 0.381 e. The predicted octanol–water partition coefficient (Wildman–Crippen LogP) is 0.851. The molecule has 0 aromatic carbocycles. The maximum atomic E-state index is 5.91. The first kappa shape index (κ1) is 13.3. The molecule has 100 valence electrons. The molecule has 4 heteroatoms. The number of likely N-dealkylation sites (N-methyl/N-ethyl adjacent to an activating group) is 1. The second-order valence-electron chi connectivity index (χ2n) is 5.35. The van der Waals surface area contributed by atoms with Crippen LogP contribution in [0.3, 0.4) is 0 Å². The summed E-state index contributed by atoms with van der Waals surface area (Å²) in [5.74, 6) is 0.768. The van der Waals surface area contributed by atoms with E-state index in [1.54, 1.807) is 0 Å². The molecule has 2 saturated heterocycles. The standard InChI is InChI=1S/C13H26N2O2/c1-15(10-11-4-7-16-8-5-11)12(9-14)13-3-2-6-17-13/h11-13H,2-10,14H2,1H3. The summed E-state index contributed by atoms with van der Waals surface area (Å²) in [4.78, 5) is 2.41. The minimum absolute atomic E-state index is 0.352. The van der Waals surface area contributed by atoms with Gasteiger partial charge in [0.15, 0.2) is 0 Å². The Morgan fingerprint density at radius 3 is 2.59 bits per heavy atom.